The number of hydrogen-bond donors (Lipinski definition) is 1. The Labute approximate surface area is 105 Å². The minimum atomic E-state index is -0.649. The summed E-state index contributed by atoms with van der Waals surface area (Å²) in [5, 5.41) is 3.15. The van der Waals surface area contributed by atoms with Gasteiger partial charge in [-0.1, -0.05) is 18.9 Å². The summed E-state index contributed by atoms with van der Waals surface area (Å²) in [6.45, 7) is 0.193. The number of halogens is 2. The van der Waals surface area contributed by atoms with E-state index in [1.165, 1.54) is 31.0 Å². The van der Waals surface area contributed by atoms with Crippen molar-refractivity contribution in [1.82, 2.24) is 5.32 Å². The second-order valence-electron chi connectivity index (χ2n) is 4.78. The number of hydrogen-bond acceptors (Lipinski definition) is 2. The fraction of sp³-hybridized carbons (Fsp3) is 0.500. The van der Waals surface area contributed by atoms with Crippen molar-refractivity contribution in [3.05, 3.63) is 35.4 Å². The van der Waals surface area contributed by atoms with E-state index in [-0.39, 0.29) is 24.3 Å². The van der Waals surface area contributed by atoms with Crippen LogP contribution in [0, 0.1) is 11.6 Å². The normalized spacial score (nSPS) is 16.1. The fourth-order valence-electron chi connectivity index (χ4n) is 2.35. The molecule has 1 saturated carbocycles. The van der Waals surface area contributed by atoms with Gasteiger partial charge in [-0.15, -0.1) is 0 Å². The summed E-state index contributed by atoms with van der Waals surface area (Å²) in [6, 6.07) is 4.04. The quantitative estimate of drug-likeness (QED) is 0.874. The van der Waals surface area contributed by atoms with Crippen LogP contribution in [0.1, 0.15) is 31.2 Å². The topological polar surface area (TPSA) is 29.1 Å². The highest BCUT2D eigenvalue weighted by Crippen LogP contribution is 2.17. The van der Waals surface area contributed by atoms with Crippen LogP contribution in [0.25, 0.3) is 0 Å². The second-order valence-corrected chi connectivity index (χ2v) is 4.78. The number of rotatable bonds is 5. The van der Waals surface area contributed by atoms with Gasteiger partial charge in [0.15, 0.2) is 5.78 Å². The van der Waals surface area contributed by atoms with Gasteiger partial charge in [0, 0.05) is 18.0 Å². The maximum absolute atomic E-state index is 13.3. The van der Waals surface area contributed by atoms with Crippen molar-refractivity contribution in [2.45, 2.75) is 38.1 Å². The fourth-order valence-corrected chi connectivity index (χ4v) is 2.35. The molecule has 98 valence electrons. The first kappa shape index (κ1) is 13.1. The van der Waals surface area contributed by atoms with Crippen LogP contribution >= 0.6 is 0 Å². The smallest absolute Gasteiger partial charge is 0.151 e. The number of Topliss-reactive ketones (excluding diaryl/α,β-unsaturated/α-hetero) is 1. The van der Waals surface area contributed by atoms with Gasteiger partial charge in [-0.3, -0.25) is 4.79 Å². The lowest BCUT2D eigenvalue weighted by Crippen LogP contribution is -2.32. The van der Waals surface area contributed by atoms with Crippen molar-refractivity contribution >= 4 is 5.78 Å². The van der Waals surface area contributed by atoms with Crippen LogP contribution in [0.2, 0.25) is 0 Å². The number of carbonyl (C=O) groups excluding carboxylic acids is 1. The molecule has 1 fully saturated rings. The molecule has 0 unspecified atom stereocenters. The van der Waals surface area contributed by atoms with E-state index in [1.807, 2.05) is 0 Å². The summed E-state index contributed by atoms with van der Waals surface area (Å²) in [5.74, 6) is -1.47. The third-order valence-electron chi connectivity index (χ3n) is 3.38. The molecule has 0 amide bonds. The number of carbonyl (C=O) groups is 1. The predicted molar refractivity (Wildman–Crippen MR) is 65.3 cm³/mol. The number of ketones is 1. The zero-order chi connectivity index (χ0) is 13.0. The van der Waals surface area contributed by atoms with E-state index in [1.54, 1.807) is 0 Å². The molecular formula is C14H17F2NO. The molecule has 0 atom stereocenters. The Morgan fingerprint density at radius 1 is 1.22 bits per heavy atom. The average molecular weight is 253 g/mol. The van der Waals surface area contributed by atoms with Gasteiger partial charge in [-0.05, 0) is 25.0 Å². The minimum Gasteiger partial charge on any atom is -0.307 e. The van der Waals surface area contributed by atoms with Gasteiger partial charge in [0.1, 0.15) is 11.6 Å². The molecule has 1 aliphatic rings. The highest BCUT2D eigenvalue weighted by molar-refractivity contribution is 5.82. The van der Waals surface area contributed by atoms with E-state index >= 15 is 0 Å². The molecule has 1 N–H and O–H groups in total. The Balaban J connectivity index is 1.86. The van der Waals surface area contributed by atoms with Crippen molar-refractivity contribution in [1.29, 1.82) is 0 Å². The Morgan fingerprint density at radius 2 is 1.83 bits per heavy atom. The van der Waals surface area contributed by atoms with Crippen molar-refractivity contribution in [3.63, 3.8) is 0 Å². The van der Waals surface area contributed by atoms with E-state index in [2.05, 4.69) is 5.32 Å². The molecule has 0 saturated heterocycles. The highest BCUT2D eigenvalue weighted by Gasteiger charge is 2.17. The molecular weight excluding hydrogens is 236 g/mol. The van der Waals surface area contributed by atoms with Crippen LogP contribution in [0.15, 0.2) is 18.2 Å². The molecule has 0 spiro atoms. The SMILES string of the molecule is O=C(CNC1CCCC1)Cc1c(F)cccc1F. The van der Waals surface area contributed by atoms with Gasteiger partial charge < -0.3 is 5.32 Å². The first-order chi connectivity index (χ1) is 8.66. The first-order valence-corrected chi connectivity index (χ1v) is 6.35. The van der Waals surface area contributed by atoms with Gasteiger partial charge >= 0.3 is 0 Å². The average Bonchev–Trinajstić information content (AvgIpc) is 2.84. The third-order valence-corrected chi connectivity index (χ3v) is 3.38. The van der Waals surface area contributed by atoms with Crippen LogP contribution in [0.3, 0.4) is 0 Å². The maximum atomic E-state index is 13.3. The summed E-state index contributed by atoms with van der Waals surface area (Å²) in [7, 11) is 0. The lowest BCUT2D eigenvalue weighted by molar-refractivity contribution is -0.117. The molecule has 2 nitrogen and oxygen atoms in total. The van der Waals surface area contributed by atoms with Crippen molar-refractivity contribution in [2.75, 3.05) is 6.54 Å². The van der Waals surface area contributed by atoms with Crippen LogP contribution in [-0.2, 0) is 11.2 Å². The zero-order valence-electron chi connectivity index (χ0n) is 10.2. The maximum Gasteiger partial charge on any atom is 0.151 e. The third kappa shape index (κ3) is 3.35. The standard InChI is InChI=1S/C14H17F2NO/c15-13-6-3-7-14(16)12(13)8-11(18)9-17-10-4-1-2-5-10/h3,6-7,10,17H,1-2,4-5,8-9H2. The molecule has 1 aromatic carbocycles. The molecule has 0 bridgehead atoms. The van der Waals surface area contributed by atoms with Gasteiger partial charge in [0.25, 0.3) is 0 Å². The van der Waals surface area contributed by atoms with Crippen molar-refractivity contribution < 1.29 is 13.6 Å². The Kier molecular flexibility index (Phi) is 4.42. The molecule has 0 aliphatic heterocycles. The monoisotopic (exact) mass is 253 g/mol. The molecule has 1 aromatic rings. The van der Waals surface area contributed by atoms with E-state index < -0.39 is 11.6 Å². The lowest BCUT2D eigenvalue weighted by atomic mass is 10.1. The van der Waals surface area contributed by atoms with Gasteiger partial charge in [0.2, 0.25) is 0 Å². The van der Waals surface area contributed by atoms with Crippen LogP contribution in [-0.4, -0.2) is 18.4 Å². The lowest BCUT2D eigenvalue weighted by Gasteiger charge is -2.11. The molecule has 2 rings (SSSR count). The van der Waals surface area contributed by atoms with E-state index in [0.717, 1.165) is 12.8 Å². The number of nitrogens with one attached hydrogen (secondary N) is 1. The van der Waals surface area contributed by atoms with Gasteiger partial charge in [-0.2, -0.15) is 0 Å². The Hall–Kier alpha value is -1.29. The summed E-state index contributed by atoms with van der Waals surface area (Å²) in [4.78, 5) is 11.7. The van der Waals surface area contributed by atoms with Crippen LogP contribution in [0.4, 0.5) is 8.78 Å². The zero-order valence-corrected chi connectivity index (χ0v) is 10.2. The predicted octanol–water partition coefficient (Wildman–Crippen LogP) is 2.61. The minimum absolute atomic E-state index is 0.129. The molecule has 0 heterocycles. The van der Waals surface area contributed by atoms with Gasteiger partial charge in [-0.25, -0.2) is 8.78 Å². The Bertz CT molecular complexity index is 408. The summed E-state index contributed by atoms with van der Waals surface area (Å²) < 4.78 is 26.7. The second kappa shape index (κ2) is 6.05. The van der Waals surface area contributed by atoms with E-state index in [4.69, 9.17) is 0 Å². The number of benzene rings is 1. The molecule has 0 radical (unpaired) electrons. The van der Waals surface area contributed by atoms with E-state index in [9.17, 15) is 13.6 Å². The Morgan fingerprint density at radius 3 is 2.44 bits per heavy atom. The van der Waals surface area contributed by atoms with E-state index in [0.29, 0.717) is 6.04 Å². The molecule has 0 aromatic heterocycles. The summed E-state index contributed by atoms with van der Waals surface area (Å²) in [5.41, 5.74) is -0.129. The summed E-state index contributed by atoms with van der Waals surface area (Å²) >= 11 is 0. The van der Waals surface area contributed by atoms with Crippen molar-refractivity contribution in [2.24, 2.45) is 0 Å². The largest absolute Gasteiger partial charge is 0.307 e. The molecule has 1 aliphatic carbocycles. The van der Waals surface area contributed by atoms with Crippen LogP contribution < -0.4 is 5.32 Å². The van der Waals surface area contributed by atoms with Gasteiger partial charge in [0.05, 0.1) is 6.54 Å². The summed E-state index contributed by atoms with van der Waals surface area (Å²) in [6.07, 6.45) is 4.36. The van der Waals surface area contributed by atoms with Crippen LogP contribution in [0.5, 0.6) is 0 Å². The highest BCUT2D eigenvalue weighted by atomic mass is 19.1. The first-order valence-electron chi connectivity index (χ1n) is 6.35. The van der Waals surface area contributed by atoms with Crippen molar-refractivity contribution in [3.8, 4) is 0 Å². The molecule has 4 heteroatoms. The molecule has 18 heavy (non-hydrogen) atoms.